The minimum absolute atomic E-state index is 0.0978. The van der Waals surface area contributed by atoms with Crippen LogP contribution in [0.25, 0.3) is 27.5 Å². The molecule has 0 aliphatic carbocycles. The highest BCUT2D eigenvalue weighted by atomic mass is 32.2. The number of hydrogen-bond donors (Lipinski definition) is 1. The minimum Gasteiger partial charge on any atom is -0.361 e. The predicted molar refractivity (Wildman–Crippen MR) is 210 cm³/mol. The lowest BCUT2D eigenvalue weighted by Crippen LogP contribution is -2.47. The van der Waals surface area contributed by atoms with Crippen molar-refractivity contribution in [2.45, 2.75) is 38.4 Å². The van der Waals surface area contributed by atoms with Crippen LogP contribution in [-0.4, -0.2) is 127 Å². The highest BCUT2D eigenvalue weighted by Gasteiger charge is 2.22. The van der Waals surface area contributed by atoms with Gasteiger partial charge in [0.05, 0.1) is 16.5 Å². The van der Waals surface area contributed by atoms with Gasteiger partial charge in [0.1, 0.15) is 0 Å². The van der Waals surface area contributed by atoms with E-state index >= 15 is 0 Å². The quantitative estimate of drug-likeness (QED) is 0.214. The minimum atomic E-state index is -3.02. The summed E-state index contributed by atoms with van der Waals surface area (Å²) in [5.74, 6) is 0.629. The van der Waals surface area contributed by atoms with Crippen LogP contribution in [-0.2, 0) is 9.84 Å². The second-order valence-electron chi connectivity index (χ2n) is 14.6. The second kappa shape index (κ2) is 16.1. The van der Waals surface area contributed by atoms with Gasteiger partial charge in [-0.3, -0.25) is 9.59 Å². The Balaban J connectivity index is 0.000000215. The summed E-state index contributed by atoms with van der Waals surface area (Å²) in [7, 11) is 1.15. The van der Waals surface area contributed by atoms with Crippen molar-refractivity contribution in [3.05, 3.63) is 102 Å². The number of piperazine rings is 2. The van der Waals surface area contributed by atoms with Gasteiger partial charge in [0.2, 0.25) is 0 Å². The molecule has 276 valence electrons. The lowest BCUT2D eigenvalue weighted by molar-refractivity contribution is 0.0657. The van der Waals surface area contributed by atoms with Gasteiger partial charge < -0.3 is 29.2 Å². The normalized spacial score (nSPS) is 16.7. The van der Waals surface area contributed by atoms with Crippen molar-refractivity contribution in [2.24, 2.45) is 0 Å². The van der Waals surface area contributed by atoms with Crippen molar-refractivity contribution in [1.82, 2.24) is 29.2 Å². The average Bonchev–Trinajstić information content (AvgIpc) is 3.81. The molecule has 11 heteroatoms. The maximum atomic E-state index is 12.9. The molecule has 52 heavy (non-hydrogen) atoms. The molecule has 4 heterocycles. The van der Waals surface area contributed by atoms with Crippen molar-refractivity contribution in [2.75, 3.05) is 72.2 Å². The molecule has 7 rings (SSSR count). The number of aromatic nitrogens is 2. The van der Waals surface area contributed by atoms with E-state index in [0.717, 1.165) is 96.5 Å². The zero-order valence-corrected chi connectivity index (χ0v) is 31.9. The molecule has 2 amide bonds. The maximum absolute atomic E-state index is 12.9. The van der Waals surface area contributed by atoms with Gasteiger partial charge in [-0.15, -0.1) is 0 Å². The van der Waals surface area contributed by atoms with Crippen LogP contribution >= 0.6 is 0 Å². The van der Waals surface area contributed by atoms with Crippen molar-refractivity contribution >= 4 is 43.5 Å². The van der Waals surface area contributed by atoms with E-state index in [1.165, 1.54) is 0 Å². The Bertz CT molecular complexity index is 2100. The lowest BCUT2D eigenvalue weighted by atomic mass is 9.98. The summed E-state index contributed by atoms with van der Waals surface area (Å²) in [6.07, 6.45) is 4.55. The van der Waals surface area contributed by atoms with Gasteiger partial charge in [-0.1, -0.05) is 19.1 Å². The van der Waals surface area contributed by atoms with Crippen LogP contribution in [0.1, 0.15) is 59.4 Å². The smallest absolute Gasteiger partial charge is 0.253 e. The zero-order valence-electron chi connectivity index (χ0n) is 31.1. The zero-order chi connectivity index (χ0) is 37.0. The van der Waals surface area contributed by atoms with Gasteiger partial charge in [0.25, 0.3) is 11.8 Å². The third-order valence-electron chi connectivity index (χ3n) is 10.6. The summed E-state index contributed by atoms with van der Waals surface area (Å²) in [4.78, 5) is 36.8. The Kier molecular flexibility index (Phi) is 11.5. The third-order valence-corrected chi connectivity index (χ3v) is 12.9. The van der Waals surface area contributed by atoms with Crippen molar-refractivity contribution in [3.63, 3.8) is 0 Å². The van der Waals surface area contributed by atoms with Crippen LogP contribution in [0.4, 0.5) is 0 Å². The number of H-pyrrole nitrogens is 1. The second-order valence-corrected chi connectivity index (χ2v) is 17.3. The summed E-state index contributed by atoms with van der Waals surface area (Å²) in [5.41, 5.74) is 5.82. The van der Waals surface area contributed by atoms with Gasteiger partial charge in [0, 0.05) is 97.9 Å². The van der Waals surface area contributed by atoms with Crippen LogP contribution in [0.5, 0.6) is 0 Å². The molecule has 0 bridgehead atoms. The molecule has 5 aromatic rings. The number of amides is 2. The Labute approximate surface area is 307 Å². The fourth-order valence-corrected chi connectivity index (χ4v) is 7.93. The molecule has 2 aromatic heterocycles. The van der Waals surface area contributed by atoms with E-state index in [2.05, 4.69) is 64.6 Å². The topological polar surface area (TPSA) is 102 Å². The van der Waals surface area contributed by atoms with E-state index < -0.39 is 9.84 Å². The highest BCUT2D eigenvalue weighted by molar-refractivity contribution is 7.91. The monoisotopic (exact) mass is 724 g/mol. The molecule has 0 radical (unpaired) electrons. The van der Waals surface area contributed by atoms with E-state index in [1.807, 2.05) is 70.7 Å². The number of sulfone groups is 1. The number of hydrogen-bond acceptors (Lipinski definition) is 6. The molecular formula is C41H52N6O4S. The number of likely N-dealkylation sites (N-methyl/N-ethyl adjacent to an activating group) is 2. The summed E-state index contributed by atoms with van der Waals surface area (Å²) in [6, 6.07) is 24.1. The number of aromatic amines is 1. The molecule has 1 atom stereocenters. The number of fused-ring (bicyclic) bond motifs is 2. The molecule has 2 aliphatic rings. The summed E-state index contributed by atoms with van der Waals surface area (Å²) in [5, 5.41) is 1.80. The summed E-state index contributed by atoms with van der Waals surface area (Å²) < 4.78 is 26.4. The van der Waals surface area contributed by atoms with Crippen molar-refractivity contribution in [3.8, 4) is 5.69 Å². The van der Waals surface area contributed by atoms with E-state index in [9.17, 15) is 18.0 Å². The van der Waals surface area contributed by atoms with E-state index in [4.69, 9.17) is 0 Å². The summed E-state index contributed by atoms with van der Waals surface area (Å²) >= 11 is 0. The Hall–Kier alpha value is -4.45. The van der Waals surface area contributed by atoms with E-state index in [-0.39, 0.29) is 28.7 Å². The first-order valence-electron chi connectivity index (χ1n) is 18.4. The van der Waals surface area contributed by atoms with Crippen molar-refractivity contribution in [1.29, 1.82) is 0 Å². The molecule has 2 aliphatic heterocycles. The van der Waals surface area contributed by atoms with Gasteiger partial charge in [0.15, 0.2) is 9.84 Å². The lowest BCUT2D eigenvalue weighted by Gasteiger charge is -2.32. The Morgan fingerprint density at radius 3 is 1.83 bits per heavy atom. The van der Waals surface area contributed by atoms with Gasteiger partial charge in [-0.2, -0.15) is 0 Å². The predicted octanol–water partition coefficient (Wildman–Crippen LogP) is 5.89. The molecule has 0 spiro atoms. The van der Waals surface area contributed by atoms with Crippen molar-refractivity contribution < 1.29 is 18.0 Å². The van der Waals surface area contributed by atoms with Crippen LogP contribution in [0.2, 0.25) is 0 Å². The molecule has 10 nitrogen and oxygen atoms in total. The molecule has 2 saturated heterocycles. The molecule has 0 unspecified atom stereocenters. The fourth-order valence-electron chi connectivity index (χ4n) is 6.78. The van der Waals surface area contributed by atoms with E-state index in [0.29, 0.717) is 6.42 Å². The van der Waals surface area contributed by atoms with Gasteiger partial charge >= 0.3 is 0 Å². The van der Waals surface area contributed by atoms with Gasteiger partial charge in [-0.05, 0) is 107 Å². The Morgan fingerprint density at radius 2 is 1.25 bits per heavy atom. The van der Waals surface area contributed by atoms with Gasteiger partial charge in [-0.25, -0.2) is 8.42 Å². The molecule has 0 saturated carbocycles. The highest BCUT2D eigenvalue weighted by Crippen LogP contribution is 2.26. The number of nitrogens with zero attached hydrogens (tertiary/aromatic N) is 5. The van der Waals surface area contributed by atoms with Crippen LogP contribution in [0.3, 0.4) is 0 Å². The number of carbonyl (C=O) groups is 2. The molecule has 1 N–H and O–H groups in total. The molecule has 3 aromatic carbocycles. The first-order chi connectivity index (χ1) is 24.9. The molecular weight excluding hydrogens is 673 g/mol. The van der Waals surface area contributed by atoms with Crippen LogP contribution in [0, 0.1) is 0 Å². The largest absolute Gasteiger partial charge is 0.361 e. The number of benzene rings is 3. The standard InChI is InChI=1S/C27H35N3O3S.C14H17N3O/c1-20(2)34(32,33)18-12-21(3)22-5-8-25(9-6-22)30-13-11-23-19-24(7-10-26(23)30)27(31)29-16-14-28(4)15-17-29;1-16-6-8-17(9-7-16)14(18)12-2-3-13-11(10-12)4-5-15-13/h5-11,13,19-21H,12,14-18H2,1-4H3;2-5,10,15H,6-9H2,1H3/t21-;/m0./s1. The third kappa shape index (κ3) is 8.60. The first kappa shape index (κ1) is 37.3. The average molecular weight is 725 g/mol. The summed E-state index contributed by atoms with van der Waals surface area (Å²) in [6.45, 7) is 12.5. The maximum Gasteiger partial charge on any atom is 0.253 e. The van der Waals surface area contributed by atoms with Crippen LogP contribution < -0.4 is 0 Å². The number of nitrogens with one attached hydrogen (secondary N) is 1. The van der Waals surface area contributed by atoms with E-state index in [1.54, 1.807) is 13.8 Å². The van der Waals surface area contributed by atoms with Crippen LogP contribution in [0.15, 0.2) is 85.2 Å². The molecule has 2 fully saturated rings. The first-order valence-corrected chi connectivity index (χ1v) is 20.1. The SMILES string of the molecule is CC(C)S(=O)(=O)CC[C@H](C)c1ccc(-n2ccc3cc(C(=O)N4CCN(C)CC4)ccc32)cc1.CN1CCN(C(=O)c2ccc3[nH]ccc3c2)CC1. The Morgan fingerprint density at radius 1 is 0.692 bits per heavy atom. The number of carbonyl (C=O) groups excluding carboxylic acids is 2. The fraction of sp³-hybridized carbons (Fsp3) is 0.415. The number of rotatable bonds is 8.